The van der Waals surface area contributed by atoms with E-state index in [1.54, 1.807) is 0 Å². The first-order valence-corrected chi connectivity index (χ1v) is 5.30. The van der Waals surface area contributed by atoms with E-state index in [0.29, 0.717) is 0 Å². The van der Waals surface area contributed by atoms with E-state index in [4.69, 9.17) is 11.6 Å². The molecule has 1 aromatic carbocycles. The van der Waals surface area contributed by atoms with Crippen LogP contribution >= 0.6 is 23.4 Å². The van der Waals surface area contributed by atoms with Crippen LogP contribution in [-0.4, -0.2) is 12.3 Å². The van der Waals surface area contributed by atoms with E-state index in [1.165, 1.54) is 10.5 Å². The van der Waals surface area contributed by atoms with Crippen LogP contribution in [0.25, 0.3) is 0 Å². The minimum atomic E-state index is 0.845. The van der Waals surface area contributed by atoms with Gasteiger partial charge in [0, 0.05) is 17.2 Å². The molecule has 0 spiro atoms. The molecule has 0 unspecified atom stereocenters. The van der Waals surface area contributed by atoms with Crippen LogP contribution in [0.5, 0.6) is 0 Å². The monoisotopic (exact) mass is 199 g/mol. The minimum absolute atomic E-state index is 0.845. The lowest BCUT2D eigenvalue weighted by Gasteiger charge is -2.19. The highest BCUT2D eigenvalue weighted by molar-refractivity contribution is 7.99. The van der Waals surface area contributed by atoms with E-state index in [1.807, 2.05) is 17.8 Å². The number of nitrogens with one attached hydrogen (secondary N) is 1. The zero-order valence-corrected chi connectivity index (χ0v) is 8.43. The lowest BCUT2D eigenvalue weighted by atomic mass is 10.2. The van der Waals surface area contributed by atoms with Crippen LogP contribution in [0.3, 0.4) is 0 Å². The molecule has 0 radical (unpaired) electrons. The molecule has 12 heavy (non-hydrogen) atoms. The van der Waals surface area contributed by atoms with E-state index in [9.17, 15) is 0 Å². The van der Waals surface area contributed by atoms with E-state index in [0.717, 1.165) is 23.0 Å². The summed E-state index contributed by atoms with van der Waals surface area (Å²) in [5, 5.41) is 4.15. The molecule has 1 N–H and O–H groups in total. The third-order valence-electron chi connectivity index (χ3n) is 1.86. The summed E-state index contributed by atoms with van der Waals surface area (Å²) >= 11 is 7.94. The van der Waals surface area contributed by atoms with E-state index in [2.05, 4.69) is 18.3 Å². The van der Waals surface area contributed by atoms with Gasteiger partial charge in [-0.1, -0.05) is 11.6 Å². The fourth-order valence-electron chi connectivity index (χ4n) is 1.33. The Hall–Kier alpha value is -0.340. The number of aryl methyl sites for hydroxylation is 1. The second-order valence-corrected chi connectivity index (χ2v) is 4.44. The predicted molar refractivity (Wildman–Crippen MR) is 55.4 cm³/mol. The first kappa shape index (κ1) is 8.27. The molecule has 0 fully saturated rings. The Kier molecular flexibility index (Phi) is 2.20. The van der Waals surface area contributed by atoms with E-state index in [-0.39, 0.29) is 0 Å². The van der Waals surface area contributed by atoms with E-state index >= 15 is 0 Å². The van der Waals surface area contributed by atoms with Crippen molar-refractivity contribution in [2.24, 2.45) is 0 Å². The molecule has 1 nitrogen and oxygen atoms in total. The summed E-state index contributed by atoms with van der Waals surface area (Å²) in [5.41, 5.74) is 2.34. The lowest BCUT2D eigenvalue weighted by molar-refractivity contribution is 1.16. The van der Waals surface area contributed by atoms with Crippen molar-refractivity contribution >= 4 is 29.1 Å². The standard InChI is InChI=1S/C9H10ClNS/c1-6-4-7(10)9-8(5-6)12-3-2-11-9/h4-5,11H,2-3H2,1H3. The average Bonchev–Trinajstić information content (AvgIpc) is 2.04. The molecule has 0 aliphatic carbocycles. The van der Waals surface area contributed by atoms with Crippen LogP contribution in [0.15, 0.2) is 17.0 Å². The van der Waals surface area contributed by atoms with Crippen LogP contribution in [-0.2, 0) is 0 Å². The van der Waals surface area contributed by atoms with Gasteiger partial charge in [-0.3, -0.25) is 0 Å². The molecular formula is C9H10ClNS. The highest BCUT2D eigenvalue weighted by atomic mass is 35.5. The van der Waals surface area contributed by atoms with Crippen LogP contribution in [0.2, 0.25) is 5.02 Å². The van der Waals surface area contributed by atoms with Gasteiger partial charge in [0.1, 0.15) is 0 Å². The quantitative estimate of drug-likeness (QED) is 0.689. The molecule has 64 valence electrons. The van der Waals surface area contributed by atoms with Gasteiger partial charge in [0.15, 0.2) is 0 Å². The van der Waals surface area contributed by atoms with Crippen molar-refractivity contribution in [3.05, 3.63) is 22.7 Å². The van der Waals surface area contributed by atoms with Gasteiger partial charge in [-0.15, -0.1) is 11.8 Å². The molecule has 0 amide bonds. The molecule has 0 aromatic heterocycles. The van der Waals surface area contributed by atoms with Crippen molar-refractivity contribution in [3.63, 3.8) is 0 Å². The maximum absolute atomic E-state index is 6.07. The smallest absolute Gasteiger partial charge is 0.0668 e. The van der Waals surface area contributed by atoms with Crippen LogP contribution in [0, 0.1) is 6.92 Å². The number of rotatable bonds is 0. The molecule has 0 atom stereocenters. The zero-order valence-electron chi connectivity index (χ0n) is 6.86. The van der Waals surface area contributed by atoms with Gasteiger partial charge in [-0.2, -0.15) is 0 Å². The molecule has 2 rings (SSSR count). The first-order chi connectivity index (χ1) is 5.77. The van der Waals surface area contributed by atoms with Gasteiger partial charge < -0.3 is 5.32 Å². The second-order valence-electron chi connectivity index (χ2n) is 2.90. The number of halogens is 1. The molecule has 1 aliphatic heterocycles. The van der Waals surface area contributed by atoms with Crippen LogP contribution < -0.4 is 5.32 Å². The number of hydrogen-bond acceptors (Lipinski definition) is 2. The molecule has 0 bridgehead atoms. The average molecular weight is 200 g/mol. The van der Waals surface area contributed by atoms with Crippen molar-refractivity contribution in [3.8, 4) is 0 Å². The molecular weight excluding hydrogens is 190 g/mol. The fourth-order valence-corrected chi connectivity index (χ4v) is 2.75. The predicted octanol–water partition coefficient (Wildman–Crippen LogP) is 3.17. The summed E-state index contributed by atoms with van der Waals surface area (Å²) in [4.78, 5) is 1.28. The van der Waals surface area contributed by atoms with Crippen molar-refractivity contribution in [2.45, 2.75) is 11.8 Å². The van der Waals surface area contributed by atoms with Gasteiger partial charge in [0.05, 0.1) is 10.7 Å². The normalized spacial score (nSPS) is 15.2. The maximum Gasteiger partial charge on any atom is 0.0668 e. The van der Waals surface area contributed by atoms with Crippen molar-refractivity contribution in [2.75, 3.05) is 17.6 Å². The Morgan fingerprint density at radius 3 is 3.17 bits per heavy atom. The third kappa shape index (κ3) is 1.41. The van der Waals surface area contributed by atoms with Crippen LogP contribution in [0.1, 0.15) is 5.56 Å². The largest absolute Gasteiger partial charge is 0.382 e. The summed E-state index contributed by atoms with van der Waals surface area (Å²) in [7, 11) is 0. The van der Waals surface area contributed by atoms with Crippen molar-refractivity contribution in [1.29, 1.82) is 0 Å². The number of benzene rings is 1. The highest BCUT2D eigenvalue weighted by Gasteiger charge is 2.12. The van der Waals surface area contributed by atoms with Gasteiger partial charge in [-0.05, 0) is 24.6 Å². The summed E-state index contributed by atoms with van der Waals surface area (Å²) in [6, 6.07) is 4.18. The fraction of sp³-hybridized carbons (Fsp3) is 0.333. The van der Waals surface area contributed by atoms with Crippen molar-refractivity contribution in [1.82, 2.24) is 0 Å². The molecule has 1 heterocycles. The number of fused-ring (bicyclic) bond motifs is 1. The Labute approximate surface area is 81.5 Å². The van der Waals surface area contributed by atoms with Crippen molar-refractivity contribution < 1.29 is 0 Å². The van der Waals surface area contributed by atoms with Gasteiger partial charge in [0.2, 0.25) is 0 Å². The Morgan fingerprint density at radius 2 is 2.33 bits per heavy atom. The molecule has 1 aromatic rings. The Balaban J connectivity index is 2.53. The molecule has 3 heteroatoms. The summed E-state index contributed by atoms with van der Waals surface area (Å²) < 4.78 is 0. The van der Waals surface area contributed by atoms with E-state index < -0.39 is 0 Å². The van der Waals surface area contributed by atoms with Crippen LogP contribution in [0.4, 0.5) is 5.69 Å². The van der Waals surface area contributed by atoms with Gasteiger partial charge in [0.25, 0.3) is 0 Å². The number of anilines is 1. The SMILES string of the molecule is Cc1cc(Cl)c2c(c1)SCCN2. The zero-order chi connectivity index (χ0) is 8.55. The Bertz CT molecular complexity index is 312. The highest BCUT2D eigenvalue weighted by Crippen LogP contribution is 2.37. The summed E-state index contributed by atoms with van der Waals surface area (Å²) in [5.74, 6) is 1.13. The minimum Gasteiger partial charge on any atom is -0.382 e. The molecule has 0 saturated carbocycles. The Morgan fingerprint density at radius 1 is 1.50 bits per heavy atom. The number of hydrogen-bond donors (Lipinski definition) is 1. The maximum atomic E-state index is 6.07. The summed E-state index contributed by atoms with van der Waals surface area (Å²) in [6.45, 7) is 3.09. The topological polar surface area (TPSA) is 12.0 Å². The molecule has 0 saturated heterocycles. The molecule has 1 aliphatic rings. The lowest BCUT2D eigenvalue weighted by Crippen LogP contribution is -2.10. The summed E-state index contributed by atoms with van der Waals surface area (Å²) in [6.07, 6.45) is 0. The second kappa shape index (κ2) is 3.19. The number of thioether (sulfide) groups is 1. The van der Waals surface area contributed by atoms with Gasteiger partial charge >= 0.3 is 0 Å². The van der Waals surface area contributed by atoms with Gasteiger partial charge in [-0.25, -0.2) is 0 Å². The third-order valence-corrected chi connectivity index (χ3v) is 3.20. The first-order valence-electron chi connectivity index (χ1n) is 3.94.